The molecule has 0 radical (unpaired) electrons. The maximum absolute atomic E-state index is 12.3. The second kappa shape index (κ2) is 31.8. The third-order valence-electron chi connectivity index (χ3n) is 19.3. The molecule has 10 aliphatic rings. The van der Waals surface area contributed by atoms with Crippen LogP contribution in [0, 0.1) is 87.3 Å². The molecule has 74 heavy (non-hydrogen) atoms. The van der Waals surface area contributed by atoms with Gasteiger partial charge in [0.05, 0.1) is 27.9 Å². The Morgan fingerprint density at radius 2 is 0.892 bits per heavy atom. The monoisotopic (exact) mass is 1050 g/mol. The summed E-state index contributed by atoms with van der Waals surface area (Å²) in [6, 6.07) is 0. The summed E-state index contributed by atoms with van der Waals surface area (Å²) >= 11 is 0. The second-order valence-corrected chi connectivity index (χ2v) is 25.2. The molecule has 8 heteroatoms. The van der Waals surface area contributed by atoms with Crippen LogP contribution in [0.2, 0.25) is 0 Å². The van der Waals surface area contributed by atoms with Crippen LogP contribution < -0.4 is 0 Å². The molecule has 0 aromatic carbocycles. The number of hydrogen-bond acceptors (Lipinski definition) is 8. The smallest absolute Gasteiger partial charge is 0.313 e. The summed E-state index contributed by atoms with van der Waals surface area (Å²) in [4.78, 5) is 36.7. The summed E-state index contributed by atoms with van der Waals surface area (Å²) < 4.78 is 29.6. The maximum atomic E-state index is 12.3. The van der Waals surface area contributed by atoms with Gasteiger partial charge in [-0.15, -0.1) is 0 Å². The molecule has 10 aliphatic carbocycles. The van der Waals surface area contributed by atoms with Crippen molar-refractivity contribution in [2.75, 3.05) is 0 Å². The van der Waals surface area contributed by atoms with Crippen molar-refractivity contribution in [3.63, 3.8) is 0 Å². The molecular formula is C66H132O8. The number of carbonyl (C=O) groups is 3. The minimum Gasteiger partial charge on any atom is -0.459 e. The Labute approximate surface area is 463 Å². The van der Waals surface area contributed by atoms with E-state index in [1.165, 1.54) is 96.3 Å². The van der Waals surface area contributed by atoms with Gasteiger partial charge in [-0.25, -0.2) is 0 Å². The van der Waals surface area contributed by atoms with Crippen LogP contribution in [0.3, 0.4) is 0 Å². The van der Waals surface area contributed by atoms with Gasteiger partial charge in [-0.2, -0.15) is 0 Å². The fourth-order valence-electron chi connectivity index (χ4n) is 15.1. The molecule has 8 nitrogen and oxygen atoms in total. The van der Waals surface area contributed by atoms with E-state index in [0.717, 1.165) is 84.4 Å². The zero-order valence-electron chi connectivity index (χ0n) is 47.7. The van der Waals surface area contributed by atoms with Crippen molar-refractivity contribution in [3.05, 3.63) is 0 Å². The van der Waals surface area contributed by atoms with Gasteiger partial charge >= 0.3 is 17.9 Å². The van der Waals surface area contributed by atoms with Crippen molar-refractivity contribution in [3.8, 4) is 0 Å². The number of ether oxygens (including phenoxy) is 5. The Morgan fingerprint density at radius 1 is 0.473 bits per heavy atom. The fraction of sp³-hybridized carbons (Fsp3) is 0.955. The Kier molecular flexibility index (Phi) is 32.9. The van der Waals surface area contributed by atoms with Crippen LogP contribution in [0.1, 0.15) is 292 Å². The van der Waals surface area contributed by atoms with Gasteiger partial charge < -0.3 is 23.7 Å². The average molecular weight is 1050 g/mol. The van der Waals surface area contributed by atoms with Crippen molar-refractivity contribution < 1.29 is 38.1 Å². The molecule has 0 heterocycles. The highest BCUT2D eigenvalue weighted by Gasteiger charge is 2.63. The zero-order chi connectivity index (χ0) is 51.2. The van der Waals surface area contributed by atoms with Gasteiger partial charge in [-0.1, -0.05) is 113 Å². The molecule has 0 amide bonds. The van der Waals surface area contributed by atoms with Gasteiger partial charge in [0, 0.05) is 5.92 Å². The predicted molar refractivity (Wildman–Crippen MR) is 318 cm³/mol. The zero-order valence-corrected chi connectivity index (χ0v) is 47.7. The second-order valence-electron chi connectivity index (χ2n) is 25.2. The van der Waals surface area contributed by atoms with Gasteiger partial charge in [0.1, 0.15) is 5.60 Å². The first kappa shape index (κ1) is 76.6. The van der Waals surface area contributed by atoms with Crippen molar-refractivity contribution in [1.82, 2.24) is 0 Å². The lowest BCUT2D eigenvalue weighted by Crippen LogP contribution is -2.53. The van der Waals surface area contributed by atoms with Gasteiger partial charge in [-0.3, -0.25) is 14.4 Å². The Hall–Kier alpha value is -1.67. The lowest BCUT2D eigenvalue weighted by molar-refractivity contribution is -0.248. The molecule has 0 aliphatic heterocycles. The summed E-state index contributed by atoms with van der Waals surface area (Å²) in [7, 11) is 0. The molecule has 10 bridgehead atoms. The molecule has 12 atom stereocenters. The van der Waals surface area contributed by atoms with E-state index in [-0.39, 0.29) is 79.1 Å². The first-order valence-corrected chi connectivity index (χ1v) is 29.0. The van der Waals surface area contributed by atoms with E-state index in [4.69, 9.17) is 23.7 Å². The van der Waals surface area contributed by atoms with Crippen molar-refractivity contribution in [2.45, 2.75) is 322 Å². The van der Waals surface area contributed by atoms with Gasteiger partial charge in [0.25, 0.3) is 0 Å². The first-order valence-electron chi connectivity index (χ1n) is 29.0. The van der Waals surface area contributed by atoms with E-state index < -0.39 is 23.4 Å². The SMILES string of the molecule is C.C.C.C.C.C.CC.CC.CC.CCC(C)(C)C(=O)OC(C)(C)C1CC2CCC1C2.CCC(C)(C)C(=O)OC(C)OC12CC3CC(CC(C3)C1)C2.CCC(C)(C)C(=O)OC(C)OC1CC2CC1C1C3CCC(C3)C21. The van der Waals surface area contributed by atoms with E-state index in [9.17, 15) is 14.4 Å². The standard InChI is InChI=1S/C20H32O3.C18H30O3.C16H28O2.3C2H6.6CH4/c1-5-20(3,4)19(21)23-11(2)22-16-10-14-9-15(16)18-13-7-6-12(8-13)17(14)18;1-5-17(3,4)16(19)20-12(2)21-18-9-13-6-14(10-18)8-15(7-13)11-18;1-6-15(2,3)14(17)18-16(4,5)13-10-11-7-8-12(13)9-11;3*1-2;;;;;;/h11-18H,5-10H2,1-4H3;12-15H,5-11H2,1-4H3;11-13H,6-10H2,1-5H3;3*1-2H3;6*1H4. The molecule has 444 valence electrons. The summed E-state index contributed by atoms with van der Waals surface area (Å²) in [6.45, 7) is 37.8. The quantitative estimate of drug-likeness (QED) is 0.0734. The molecule has 12 unspecified atom stereocenters. The predicted octanol–water partition coefficient (Wildman–Crippen LogP) is 19.8. The summed E-state index contributed by atoms with van der Waals surface area (Å²) in [6.07, 6.45) is 22.0. The van der Waals surface area contributed by atoms with Crippen LogP contribution in [-0.4, -0.2) is 47.8 Å². The average Bonchev–Trinajstić information content (AvgIpc) is 4.18. The first-order chi connectivity index (χ1) is 32.0. The maximum Gasteiger partial charge on any atom is 0.313 e. The normalized spacial score (nSPS) is 33.2. The topological polar surface area (TPSA) is 97.4 Å². The van der Waals surface area contributed by atoms with Crippen LogP contribution in [-0.2, 0) is 38.1 Å². The lowest BCUT2D eigenvalue weighted by Gasteiger charge is -2.56. The lowest BCUT2D eigenvalue weighted by atomic mass is 9.54. The molecule has 10 fully saturated rings. The van der Waals surface area contributed by atoms with Crippen molar-refractivity contribution >= 4 is 17.9 Å². The van der Waals surface area contributed by atoms with E-state index >= 15 is 0 Å². The third-order valence-corrected chi connectivity index (χ3v) is 19.3. The Morgan fingerprint density at radius 3 is 1.31 bits per heavy atom. The molecule has 0 spiro atoms. The van der Waals surface area contributed by atoms with Crippen LogP contribution >= 0.6 is 0 Å². The molecular weight excluding hydrogens is 921 g/mol. The summed E-state index contributed by atoms with van der Waals surface area (Å²) in [5.41, 5.74) is -1.47. The van der Waals surface area contributed by atoms with E-state index in [2.05, 4.69) is 13.8 Å². The molecule has 10 saturated carbocycles. The van der Waals surface area contributed by atoms with Gasteiger partial charge in [0.15, 0.2) is 6.29 Å². The highest BCUT2D eigenvalue weighted by atomic mass is 16.7. The minimum atomic E-state index is -0.418. The van der Waals surface area contributed by atoms with E-state index in [1.807, 2.05) is 118 Å². The third kappa shape index (κ3) is 17.7. The Balaban J connectivity index is -0.000000941. The summed E-state index contributed by atoms with van der Waals surface area (Å²) in [5.74, 6) is 10.1. The fourth-order valence-corrected chi connectivity index (χ4v) is 15.1. The van der Waals surface area contributed by atoms with Crippen LogP contribution in [0.15, 0.2) is 0 Å². The molecule has 0 aromatic heterocycles. The highest BCUT2D eigenvalue weighted by Crippen LogP contribution is 2.68. The van der Waals surface area contributed by atoms with Crippen LogP contribution in [0.4, 0.5) is 0 Å². The van der Waals surface area contributed by atoms with Crippen LogP contribution in [0.25, 0.3) is 0 Å². The minimum absolute atomic E-state index is 0. The Bertz CT molecular complexity index is 1560. The van der Waals surface area contributed by atoms with Crippen molar-refractivity contribution in [2.24, 2.45) is 87.3 Å². The molecule has 0 saturated heterocycles. The molecule has 0 aromatic rings. The van der Waals surface area contributed by atoms with Crippen LogP contribution in [0.5, 0.6) is 0 Å². The number of esters is 3. The van der Waals surface area contributed by atoms with E-state index in [0.29, 0.717) is 12.0 Å². The van der Waals surface area contributed by atoms with Gasteiger partial charge in [0.2, 0.25) is 6.29 Å². The summed E-state index contributed by atoms with van der Waals surface area (Å²) in [5, 5.41) is 0. The van der Waals surface area contributed by atoms with Crippen molar-refractivity contribution in [1.29, 1.82) is 0 Å². The number of hydrogen-bond donors (Lipinski definition) is 0. The number of fused-ring (bicyclic) bond motifs is 11. The molecule has 10 rings (SSSR count). The van der Waals surface area contributed by atoms with E-state index in [1.54, 1.807) is 0 Å². The van der Waals surface area contributed by atoms with Gasteiger partial charge in [-0.05, 0) is 243 Å². The largest absolute Gasteiger partial charge is 0.459 e. The highest BCUT2D eigenvalue weighted by molar-refractivity contribution is 5.77. The number of carbonyl (C=O) groups excluding carboxylic acids is 3. The molecule has 0 N–H and O–H groups in total. The number of rotatable bonds is 14.